The Morgan fingerprint density at radius 1 is 1.09 bits per heavy atom. The Morgan fingerprint density at radius 3 is 2.47 bits per heavy atom. The van der Waals surface area contributed by atoms with Crippen molar-refractivity contribution in [1.29, 1.82) is 0 Å². The fourth-order valence-electron chi connectivity index (χ4n) is 5.61. The van der Waals surface area contributed by atoms with Crippen LogP contribution >= 0.6 is 22.9 Å². The molecule has 1 aromatic carbocycles. The van der Waals surface area contributed by atoms with Crippen LogP contribution in [-0.2, 0) is 0 Å². The number of carbonyl (C=O) groups is 1. The average molecular weight is 635 g/mol. The number of piperazine rings is 1. The lowest BCUT2D eigenvalue weighted by molar-refractivity contribution is -0.0493. The number of anilines is 5. The van der Waals surface area contributed by atoms with Gasteiger partial charge >= 0.3 is 6.61 Å². The quantitative estimate of drug-likeness (QED) is 0.270. The van der Waals surface area contributed by atoms with Gasteiger partial charge in [-0.05, 0) is 57.2 Å². The van der Waals surface area contributed by atoms with E-state index in [2.05, 4.69) is 56.1 Å². The van der Waals surface area contributed by atoms with Crippen molar-refractivity contribution in [3.8, 4) is 5.75 Å². The van der Waals surface area contributed by atoms with Crippen LogP contribution in [0.15, 0.2) is 35.8 Å². The van der Waals surface area contributed by atoms with Crippen LogP contribution in [-0.4, -0.2) is 83.1 Å². The summed E-state index contributed by atoms with van der Waals surface area (Å²) in [5.41, 5.74) is 7.16. The van der Waals surface area contributed by atoms with Crippen molar-refractivity contribution in [2.75, 3.05) is 54.8 Å². The molecule has 3 aromatic rings. The molecule has 0 saturated carbocycles. The summed E-state index contributed by atoms with van der Waals surface area (Å²) in [6, 6.07) is 7.38. The van der Waals surface area contributed by atoms with Gasteiger partial charge in [0.25, 0.3) is 5.91 Å². The number of benzene rings is 1. The molecule has 2 aromatic heterocycles. The van der Waals surface area contributed by atoms with E-state index in [1.807, 2.05) is 6.07 Å². The van der Waals surface area contributed by atoms with Gasteiger partial charge in [0, 0.05) is 62.6 Å². The third kappa shape index (κ3) is 7.64. The van der Waals surface area contributed by atoms with Gasteiger partial charge in [0.2, 0.25) is 5.95 Å². The van der Waals surface area contributed by atoms with E-state index in [1.165, 1.54) is 17.5 Å². The molecular formula is C29H37ClF2N8O2S. The van der Waals surface area contributed by atoms with E-state index in [4.69, 9.17) is 22.1 Å². The number of amides is 1. The Balaban J connectivity index is 1.26. The Bertz CT molecular complexity index is 1420. The Labute approximate surface area is 259 Å². The molecule has 2 saturated heterocycles. The zero-order valence-corrected chi connectivity index (χ0v) is 26.0. The summed E-state index contributed by atoms with van der Waals surface area (Å²) < 4.78 is 31.8. The number of alkyl halides is 2. The van der Waals surface area contributed by atoms with Gasteiger partial charge in [0.05, 0.1) is 17.6 Å². The van der Waals surface area contributed by atoms with Crippen molar-refractivity contribution in [2.24, 2.45) is 5.73 Å². The van der Waals surface area contributed by atoms with Gasteiger partial charge in [-0.15, -0.1) is 11.3 Å². The van der Waals surface area contributed by atoms with Crippen molar-refractivity contribution in [3.05, 3.63) is 45.7 Å². The molecule has 43 heavy (non-hydrogen) atoms. The maximum Gasteiger partial charge on any atom is 0.387 e. The van der Waals surface area contributed by atoms with E-state index < -0.39 is 12.5 Å². The highest BCUT2D eigenvalue weighted by molar-refractivity contribution is 7.12. The molecule has 232 valence electrons. The van der Waals surface area contributed by atoms with Crippen LogP contribution in [0.4, 0.5) is 37.6 Å². The van der Waals surface area contributed by atoms with Crippen LogP contribution in [0.5, 0.6) is 5.75 Å². The van der Waals surface area contributed by atoms with Crippen LogP contribution in [0.25, 0.3) is 0 Å². The van der Waals surface area contributed by atoms with Gasteiger partial charge in [-0.1, -0.05) is 11.6 Å². The highest BCUT2D eigenvalue weighted by Gasteiger charge is 2.31. The summed E-state index contributed by atoms with van der Waals surface area (Å²) in [5.74, 6) is -0.286. The number of halogens is 3. The van der Waals surface area contributed by atoms with E-state index in [0.717, 1.165) is 57.8 Å². The van der Waals surface area contributed by atoms with Crippen molar-refractivity contribution in [2.45, 2.75) is 51.8 Å². The van der Waals surface area contributed by atoms with Crippen molar-refractivity contribution >= 4 is 57.7 Å². The molecule has 0 spiro atoms. The van der Waals surface area contributed by atoms with Gasteiger partial charge in [0.1, 0.15) is 9.90 Å². The second-order valence-corrected chi connectivity index (χ2v) is 13.0. The van der Waals surface area contributed by atoms with Gasteiger partial charge in [-0.25, -0.2) is 4.98 Å². The molecule has 0 bridgehead atoms. The Hall–Kier alpha value is -3.26. The number of ether oxygens (including phenoxy) is 1. The second-order valence-electron chi connectivity index (χ2n) is 11.6. The van der Waals surface area contributed by atoms with Crippen LogP contribution in [0.2, 0.25) is 5.02 Å². The molecule has 2 aliphatic heterocycles. The average Bonchev–Trinajstić information content (AvgIpc) is 3.44. The summed E-state index contributed by atoms with van der Waals surface area (Å²) in [5, 5.41) is 7.86. The van der Waals surface area contributed by atoms with Gasteiger partial charge in [0.15, 0.2) is 11.6 Å². The maximum absolute atomic E-state index is 13.4. The fraction of sp³-hybridized carbons (Fsp3) is 0.483. The third-order valence-corrected chi connectivity index (χ3v) is 9.13. The van der Waals surface area contributed by atoms with Crippen molar-refractivity contribution < 1.29 is 18.3 Å². The number of piperidine rings is 1. The van der Waals surface area contributed by atoms with Crippen LogP contribution in [0.3, 0.4) is 0 Å². The van der Waals surface area contributed by atoms with Crippen LogP contribution in [0.1, 0.15) is 43.3 Å². The molecule has 10 nitrogen and oxygen atoms in total. The zero-order valence-electron chi connectivity index (χ0n) is 24.4. The zero-order chi connectivity index (χ0) is 30.7. The summed E-state index contributed by atoms with van der Waals surface area (Å²) in [6.07, 6.45) is 3.39. The fourth-order valence-corrected chi connectivity index (χ4v) is 6.45. The highest BCUT2D eigenvalue weighted by atomic mass is 35.5. The minimum Gasteiger partial charge on any atom is -0.433 e. The number of primary amides is 1. The standard InChI is InChI=1S/C29H37ClF2N8O2S/c1-29(2,3)40-13-11-39(12-14-40)18-6-9-38(10-7-18)19-4-5-21(23(16-19)42-27(31)32)36-28-34-17-20(30)26(37-28)35-22-8-15-43-24(22)25(33)41/h4-5,8,15-18,27H,6-7,9-14H2,1-3H3,(H2,33,41)(H2,34,35,36,37). The number of rotatable bonds is 9. The van der Waals surface area contributed by atoms with E-state index in [9.17, 15) is 13.6 Å². The number of nitrogens with one attached hydrogen (secondary N) is 2. The molecule has 5 rings (SSSR count). The minimum atomic E-state index is -3.01. The second kappa shape index (κ2) is 13.2. The molecule has 0 radical (unpaired) electrons. The number of nitrogens with zero attached hydrogens (tertiary/aromatic N) is 5. The highest BCUT2D eigenvalue weighted by Crippen LogP contribution is 2.35. The molecule has 1 amide bonds. The monoisotopic (exact) mass is 634 g/mol. The SMILES string of the molecule is CC(C)(C)N1CCN(C2CCN(c3ccc(Nc4ncc(Cl)c(Nc5ccsc5C(N)=O)n4)c(OC(F)F)c3)CC2)CC1. The van der Waals surface area contributed by atoms with E-state index in [-0.39, 0.29) is 33.8 Å². The number of carbonyl (C=O) groups excluding carboxylic acids is 1. The normalized spacial score (nSPS) is 17.3. The number of nitrogens with two attached hydrogens (primary N) is 1. The topological polar surface area (TPSA) is 112 Å². The molecule has 2 fully saturated rings. The number of aromatic nitrogens is 2. The van der Waals surface area contributed by atoms with Gasteiger partial charge < -0.3 is 26.0 Å². The molecule has 0 aliphatic carbocycles. The molecule has 14 heteroatoms. The van der Waals surface area contributed by atoms with Crippen LogP contribution < -0.4 is 26.0 Å². The van der Waals surface area contributed by atoms with E-state index in [1.54, 1.807) is 23.6 Å². The van der Waals surface area contributed by atoms with Gasteiger partial charge in [-0.3, -0.25) is 14.6 Å². The molecule has 0 unspecified atom stereocenters. The summed E-state index contributed by atoms with van der Waals surface area (Å²) >= 11 is 7.46. The number of hydrogen-bond acceptors (Lipinski definition) is 10. The summed E-state index contributed by atoms with van der Waals surface area (Å²) in [6.45, 7) is 9.72. The lowest BCUT2D eigenvalue weighted by Crippen LogP contribution is -2.57. The lowest BCUT2D eigenvalue weighted by atomic mass is 10.00. The Kier molecular flexibility index (Phi) is 9.54. The van der Waals surface area contributed by atoms with Crippen molar-refractivity contribution in [1.82, 2.24) is 19.8 Å². The van der Waals surface area contributed by atoms with Crippen molar-refractivity contribution in [3.63, 3.8) is 0 Å². The molecule has 2 aliphatic rings. The first-order chi connectivity index (χ1) is 20.5. The first-order valence-electron chi connectivity index (χ1n) is 14.2. The first kappa shape index (κ1) is 31.2. The van der Waals surface area contributed by atoms with E-state index in [0.29, 0.717) is 16.6 Å². The third-order valence-electron chi connectivity index (χ3n) is 7.92. The molecular weight excluding hydrogens is 598 g/mol. The molecule has 4 N–H and O–H groups in total. The van der Waals surface area contributed by atoms with Gasteiger partial charge in [-0.2, -0.15) is 13.8 Å². The smallest absolute Gasteiger partial charge is 0.387 e. The summed E-state index contributed by atoms with van der Waals surface area (Å²) in [7, 11) is 0. The summed E-state index contributed by atoms with van der Waals surface area (Å²) in [4.78, 5) is 27.9. The lowest BCUT2D eigenvalue weighted by Gasteiger charge is -2.46. The maximum atomic E-state index is 13.4. The van der Waals surface area contributed by atoms with E-state index >= 15 is 0 Å². The van der Waals surface area contributed by atoms with Crippen LogP contribution in [0, 0.1) is 0 Å². The molecule has 4 heterocycles. The minimum absolute atomic E-state index is 0.0187. The predicted octanol–water partition coefficient (Wildman–Crippen LogP) is 5.76. The Morgan fingerprint density at radius 2 is 1.81 bits per heavy atom. The number of hydrogen-bond donors (Lipinski definition) is 3. The largest absolute Gasteiger partial charge is 0.433 e. The first-order valence-corrected chi connectivity index (χ1v) is 15.5. The predicted molar refractivity (Wildman–Crippen MR) is 168 cm³/mol. The number of thiophene rings is 1. The molecule has 0 atom stereocenters.